The standard InChI is InChI=1S/C31H21N6O.C17H12N2O.C14H9BrN4/c1-19-17-27-30-24(29-26(37(27)35-19)12-6-15-32-29)13-14-28(34-30)38-21-8-4-7-20(18-21)36-25-11-3-2-9-22(25)23-10-5-16-33-31(23)36;20-13-6-3-5-12(11-13)19-16-9-2-1-7-14(16)15-8-4-10-18-17(15)19;1-8-7-11-14-9(4-5-12(15)17-14)13-10(19(11)18-8)3-2-6-16-13/h2-18,31H,1H3;1-11,20H;2-7H,1H3/q+1;;. The van der Waals surface area contributed by atoms with Gasteiger partial charge in [0, 0.05) is 70.6 Å². The Kier molecular flexibility index (Phi) is 10.9. The number of rotatable bonds is 4. The fourth-order valence-corrected chi connectivity index (χ4v) is 11.0. The van der Waals surface area contributed by atoms with Crippen LogP contribution in [0.4, 0.5) is 5.69 Å². The van der Waals surface area contributed by atoms with Crippen molar-refractivity contribution in [1.82, 2.24) is 53.3 Å². The van der Waals surface area contributed by atoms with E-state index in [9.17, 15) is 5.11 Å². The highest BCUT2D eigenvalue weighted by Crippen LogP contribution is 2.34. The number of phenols is 1. The lowest BCUT2D eigenvalue weighted by molar-refractivity contribution is 0.464. The summed E-state index contributed by atoms with van der Waals surface area (Å²) in [6.45, 7) is 3.97. The lowest BCUT2D eigenvalue weighted by Crippen LogP contribution is -2.33. The SMILES string of the molecule is Cc1cc2c3nc(Br)ccc3c3ncccc3n2n1.Cc1cc2c3nc(Oc4cccc([N+]5=c6ccccc6=C6C=CC=NC65)c4)ccc3c3ncccc3n2n1.Oc1cccc(-n2c3ccccc3c3cccnc32)c1. The summed E-state index contributed by atoms with van der Waals surface area (Å²) in [6.07, 6.45) is 11.3. The van der Waals surface area contributed by atoms with E-state index in [-0.39, 0.29) is 11.9 Å². The fraction of sp³-hybridized carbons (Fsp3) is 0.0484. The summed E-state index contributed by atoms with van der Waals surface area (Å²) in [5.41, 5.74) is 14.4. The van der Waals surface area contributed by atoms with Gasteiger partial charge < -0.3 is 9.84 Å². The molecule has 14 aromatic rings. The summed E-state index contributed by atoms with van der Waals surface area (Å²) in [6, 6.07) is 55.9. The minimum Gasteiger partial charge on any atom is -0.508 e. The highest BCUT2D eigenvalue weighted by Gasteiger charge is 2.34. The molecule has 368 valence electrons. The van der Waals surface area contributed by atoms with E-state index in [1.54, 1.807) is 30.7 Å². The molecule has 0 amide bonds. The normalized spacial score (nSPS) is 13.7. The van der Waals surface area contributed by atoms with Crippen LogP contribution in [0.15, 0.2) is 210 Å². The van der Waals surface area contributed by atoms with Crippen molar-refractivity contribution in [2.24, 2.45) is 4.99 Å². The first kappa shape index (κ1) is 45.6. The van der Waals surface area contributed by atoms with Gasteiger partial charge in [-0.3, -0.25) is 14.5 Å². The van der Waals surface area contributed by atoms with Crippen LogP contribution in [0.1, 0.15) is 11.4 Å². The number of phenolic OH excluding ortho intramolecular Hbond substituents is 1. The number of ether oxygens (including phenoxy) is 1. The molecule has 12 heterocycles. The molecule has 2 aliphatic rings. The number of fused-ring (bicyclic) bond motifs is 17. The van der Waals surface area contributed by atoms with Crippen molar-refractivity contribution in [2.75, 3.05) is 0 Å². The maximum atomic E-state index is 9.72. The molecule has 0 bridgehead atoms. The van der Waals surface area contributed by atoms with E-state index in [2.05, 4.69) is 110 Å². The van der Waals surface area contributed by atoms with Crippen molar-refractivity contribution in [1.29, 1.82) is 0 Å². The third-order valence-corrected chi connectivity index (χ3v) is 14.3. The van der Waals surface area contributed by atoms with Crippen molar-refractivity contribution in [2.45, 2.75) is 20.0 Å². The summed E-state index contributed by atoms with van der Waals surface area (Å²) in [7, 11) is 0. The quantitative estimate of drug-likeness (QED) is 0.103. The average Bonchev–Trinajstić information content (AvgIpc) is 4.35. The van der Waals surface area contributed by atoms with Gasteiger partial charge in [0.15, 0.2) is 0 Å². The number of para-hydroxylation sites is 2. The summed E-state index contributed by atoms with van der Waals surface area (Å²) < 4.78 is 15.3. The van der Waals surface area contributed by atoms with E-state index in [4.69, 9.17) is 14.7 Å². The van der Waals surface area contributed by atoms with E-state index in [0.29, 0.717) is 11.6 Å². The molecule has 15 heteroatoms. The first-order valence-corrected chi connectivity index (χ1v) is 25.7. The smallest absolute Gasteiger partial charge is 0.279 e. The zero-order chi connectivity index (χ0) is 51.7. The zero-order valence-corrected chi connectivity index (χ0v) is 42.9. The zero-order valence-electron chi connectivity index (χ0n) is 41.3. The second-order valence-corrected chi connectivity index (χ2v) is 19.5. The second-order valence-electron chi connectivity index (χ2n) is 18.7. The first-order valence-electron chi connectivity index (χ1n) is 24.9. The van der Waals surface area contributed by atoms with Gasteiger partial charge in [0.1, 0.15) is 27.3 Å². The van der Waals surface area contributed by atoms with Crippen LogP contribution in [-0.2, 0) is 0 Å². The minimum atomic E-state index is -0.0920. The maximum Gasteiger partial charge on any atom is 0.279 e. The molecule has 1 N–H and O–H groups in total. The van der Waals surface area contributed by atoms with Crippen molar-refractivity contribution in [3.63, 3.8) is 0 Å². The van der Waals surface area contributed by atoms with Crippen molar-refractivity contribution in [3.8, 4) is 23.1 Å². The Hall–Kier alpha value is -9.99. The van der Waals surface area contributed by atoms with Gasteiger partial charge in [0.05, 0.1) is 78.1 Å². The molecule has 0 saturated heterocycles. The third-order valence-electron chi connectivity index (χ3n) is 13.8. The summed E-state index contributed by atoms with van der Waals surface area (Å²) in [5.74, 6) is 1.47. The van der Waals surface area contributed by atoms with Crippen LogP contribution in [-0.4, -0.2) is 66.2 Å². The summed E-state index contributed by atoms with van der Waals surface area (Å²) in [4.78, 5) is 27.9. The topological polar surface area (TPSA) is 149 Å². The Labute approximate surface area is 446 Å². The lowest BCUT2D eigenvalue weighted by Gasteiger charge is -2.12. The molecule has 2 aliphatic heterocycles. The Morgan fingerprint density at radius 3 is 2.00 bits per heavy atom. The number of hydrogen-bond acceptors (Lipinski definition) is 10. The number of aromatic nitrogens is 10. The predicted octanol–water partition coefficient (Wildman–Crippen LogP) is 11.9. The molecule has 14 nitrogen and oxygen atoms in total. The number of aromatic hydroxyl groups is 1. The largest absolute Gasteiger partial charge is 0.508 e. The molecule has 0 radical (unpaired) electrons. The van der Waals surface area contributed by atoms with Crippen LogP contribution >= 0.6 is 15.9 Å². The molecular weight excluding hydrogens is 1020 g/mol. The number of aliphatic imine (C=N–C) groups is 1. The molecule has 0 aliphatic carbocycles. The Morgan fingerprint density at radius 1 is 0.558 bits per heavy atom. The molecule has 0 fully saturated rings. The maximum absolute atomic E-state index is 9.72. The van der Waals surface area contributed by atoms with Crippen molar-refractivity contribution in [3.05, 3.63) is 227 Å². The first-order chi connectivity index (χ1) is 37.8. The van der Waals surface area contributed by atoms with Gasteiger partial charge in [-0.25, -0.2) is 29.0 Å². The molecule has 4 aromatic carbocycles. The van der Waals surface area contributed by atoms with E-state index >= 15 is 0 Å². The van der Waals surface area contributed by atoms with Gasteiger partial charge in [-0.1, -0.05) is 42.5 Å². The van der Waals surface area contributed by atoms with E-state index in [1.165, 1.54) is 16.2 Å². The number of dihydropyridines is 1. The molecule has 0 spiro atoms. The van der Waals surface area contributed by atoms with E-state index in [0.717, 1.165) is 104 Å². The average molecular weight is 1070 g/mol. The van der Waals surface area contributed by atoms with Crippen LogP contribution < -0.4 is 19.9 Å². The van der Waals surface area contributed by atoms with Crippen molar-refractivity contribution < 1.29 is 9.84 Å². The highest BCUT2D eigenvalue weighted by molar-refractivity contribution is 9.10. The molecule has 77 heavy (non-hydrogen) atoms. The Bertz CT molecular complexity index is 4890. The van der Waals surface area contributed by atoms with E-state index in [1.807, 2.05) is 144 Å². The van der Waals surface area contributed by atoms with Crippen LogP contribution in [0.5, 0.6) is 17.4 Å². The Balaban J connectivity index is 0.000000116. The van der Waals surface area contributed by atoms with Crippen LogP contribution in [0.2, 0.25) is 0 Å². The number of benzene rings is 4. The van der Waals surface area contributed by atoms with Crippen LogP contribution in [0.25, 0.3) is 88.1 Å². The minimum absolute atomic E-state index is 0.0920. The number of halogens is 1. The second kappa shape index (κ2) is 18.4. The molecule has 10 aromatic heterocycles. The number of hydrogen-bond donors (Lipinski definition) is 1. The number of pyridine rings is 7. The number of nitrogens with zero attached hydrogens (tertiary/aromatic N) is 12. The molecule has 16 rings (SSSR count). The fourth-order valence-electron chi connectivity index (χ4n) is 10.7. The van der Waals surface area contributed by atoms with Gasteiger partial charge in [-0.2, -0.15) is 14.8 Å². The van der Waals surface area contributed by atoms with Gasteiger partial charge in [-0.05, 0) is 139 Å². The predicted molar refractivity (Wildman–Crippen MR) is 307 cm³/mol. The van der Waals surface area contributed by atoms with E-state index < -0.39 is 0 Å². The molecule has 1 atom stereocenters. The lowest BCUT2D eigenvalue weighted by atomic mass is 10.1. The monoisotopic (exact) mass is 1070 g/mol. The van der Waals surface area contributed by atoms with Gasteiger partial charge in [-0.15, -0.1) is 0 Å². The summed E-state index contributed by atoms with van der Waals surface area (Å²) >= 11 is 3.43. The van der Waals surface area contributed by atoms with Crippen LogP contribution in [0, 0.1) is 13.8 Å². The molecule has 0 saturated carbocycles. The highest BCUT2D eigenvalue weighted by atomic mass is 79.9. The van der Waals surface area contributed by atoms with Gasteiger partial charge in [0.2, 0.25) is 16.9 Å². The van der Waals surface area contributed by atoms with Gasteiger partial charge >= 0.3 is 0 Å². The summed E-state index contributed by atoms with van der Waals surface area (Å²) in [5, 5.41) is 25.6. The molecular formula is C62H42BrN12O2+. The molecule has 1 unspecified atom stereocenters. The van der Waals surface area contributed by atoms with Crippen LogP contribution in [0.3, 0.4) is 0 Å². The van der Waals surface area contributed by atoms with Crippen molar-refractivity contribution >= 4 is 110 Å². The third kappa shape index (κ3) is 7.82. The Morgan fingerprint density at radius 2 is 1.22 bits per heavy atom. The number of aryl methyl sites for hydroxylation is 2. The number of allylic oxidation sites excluding steroid dienone is 1. The van der Waals surface area contributed by atoms with Gasteiger partial charge in [0.25, 0.3) is 6.17 Å².